The highest BCUT2D eigenvalue weighted by atomic mass is 19.1. The van der Waals surface area contributed by atoms with Crippen molar-refractivity contribution < 1.29 is 18.7 Å². The van der Waals surface area contributed by atoms with Gasteiger partial charge in [-0.25, -0.2) is 4.39 Å². The fraction of sp³-hybridized carbons (Fsp3) is 0.519. The first-order chi connectivity index (χ1) is 16.0. The minimum atomic E-state index is -0.457. The van der Waals surface area contributed by atoms with Gasteiger partial charge in [-0.2, -0.15) is 0 Å². The summed E-state index contributed by atoms with van der Waals surface area (Å²) >= 11 is 0. The molecule has 0 radical (unpaired) electrons. The molecule has 178 valence electrons. The molecule has 2 aromatic carbocycles. The molecule has 6 heteroatoms. The van der Waals surface area contributed by atoms with Gasteiger partial charge in [-0.05, 0) is 81.4 Å². The van der Waals surface area contributed by atoms with Gasteiger partial charge in [-0.1, -0.05) is 24.3 Å². The Labute approximate surface area is 196 Å². The first kappa shape index (κ1) is 23.7. The molecule has 2 saturated heterocycles. The number of carbonyl (C=O) groups excluding carboxylic acids is 1. The van der Waals surface area contributed by atoms with Crippen LogP contribution in [0.4, 0.5) is 4.39 Å². The molecule has 2 heterocycles. The van der Waals surface area contributed by atoms with E-state index in [2.05, 4.69) is 17.1 Å². The number of likely N-dealkylation sites (tertiary alicyclic amines) is 1. The van der Waals surface area contributed by atoms with E-state index in [1.165, 1.54) is 25.0 Å². The summed E-state index contributed by atoms with van der Waals surface area (Å²) in [6.45, 7) is 6.33. The Bertz CT molecular complexity index is 935. The Morgan fingerprint density at radius 2 is 1.85 bits per heavy atom. The lowest BCUT2D eigenvalue weighted by atomic mass is 9.74. The molecule has 0 spiro atoms. The average Bonchev–Trinajstić information content (AvgIpc) is 3.38. The van der Waals surface area contributed by atoms with Crippen molar-refractivity contribution in [1.29, 1.82) is 0 Å². The summed E-state index contributed by atoms with van der Waals surface area (Å²) in [5.74, 6) is 0.472. The van der Waals surface area contributed by atoms with Crippen LogP contribution >= 0.6 is 0 Å². The van der Waals surface area contributed by atoms with Crippen LogP contribution in [-0.4, -0.2) is 56.8 Å². The fourth-order valence-corrected chi connectivity index (χ4v) is 5.08. The van der Waals surface area contributed by atoms with E-state index in [1.54, 1.807) is 13.2 Å². The van der Waals surface area contributed by atoms with Crippen molar-refractivity contribution >= 4 is 5.91 Å². The molecular formula is C27H35FN2O3. The van der Waals surface area contributed by atoms with Gasteiger partial charge in [0.2, 0.25) is 5.91 Å². The number of carbonyl (C=O) groups is 1. The van der Waals surface area contributed by atoms with E-state index >= 15 is 0 Å². The van der Waals surface area contributed by atoms with E-state index in [0.717, 1.165) is 42.6 Å². The van der Waals surface area contributed by atoms with Gasteiger partial charge >= 0.3 is 0 Å². The first-order valence-corrected chi connectivity index (χ1v) is 12.0. The molecule has 5 nitrogen and oxygen atoms in total. The van der Waals surface area contributed by atoms with E-state index in [9.17, 15) is 9.18 Å². The molecule has 1 N–H and O–H groups in total. The maximum absolute atomic E-state index is 13.8. The Kier molecular flexibility index (Phi) is 7.66. The van der Waals surface area contributed by atoms with E-state index in [1.807, 2.05) is 24.3 Å². The van der Waals surface area contributed by atoms with Gasteiger partial charge in [-0.3, -0.25) is 9.69 Å². The van der Waals surface area contributed by atoms with E-state index in [0.29, 0.717) is 38.0 Å². The van der Waals surface area contributed by atoms with Crippen LogP contribution < -0.4 is 10.1 Å². The molecule has 2 aliphatic rings. The fourth-order valence-electron chi connectivity index (χ4n) is 5.08. The molecule has 2 aliphatic heterocycles. The van der Waals surface area contributed by atoms with Crippen LogP contribution in [0, 0.1) is 11.2 Å². The van der Waals surface area contributed by atoms with Gasteiger partial charge in [0.25, 0.3) is 0 Å². The Hall–Kier alpha value is -2.44. The Morgan fingerprint density at radius 1 is 1.15 bits per heavy atom. The molecule has 2 fully saturated rings. The lowest BCUT2D eigenvalue weighted by Crippen LogP contribution is -2.49. The maximum Gasteiger partial charge on any atom is 0.226 e. The van der Waals surface area contributed by atoms with E-state index in [-0.39, 0.29) is 11.7 Å². The van der Waals surface area contributed by atoms with Gasteiger partial charge in [0.15, 0.2) is 0 Å². The third-order valence-electron chi connectivity index (χ3n) is 7.22. The number of halogens is 1. The Morgan fingerprint density at radius 3 is 2.52 bits per heavy atom. The number of nitrogens with one attached hydrogen (secondary N) is 1. The van der Waals surface area contributed by atoms with Crippen molar-refractivity contribution in [2.75, 3.05) is 40.0 Å². The van der Waals surface area contributed by atoms with Crippen molar-refractivity contribution in [2.24, 2.45) is 5.41 Å². The number of ether oxygens (including phenoxy) is 2. The molecule has 1 atom stereocenters. The number of nitrogens with zero attached hydrogens (tertiary/aromatic N) is 1. The molecule has 0 aromatic heterocycles. The molecule has 0 saturated carbocycles. The molecule has 0 bridgehead atoms. The van der Waals surface area contributed by atoms with Gasteiger partial charge in [0.1, 0.15) is 11.6 Å². The zero-order valence-electron chi connectivity index (χ0n) is 19.7. The number of benzene rings is 2. The van der Waals surface area contributed by atoms with Crippen molar-refractivity contribution in [3.63, 3.8) is 0 Å². The third kappa shape index (κ3) is 5.56. The van der Waals surface area contributed by atoms with Crippen molar-refractivity contribution in [3.8, 4) is 16.9 Å². The highest BCUT2D eigenvalue weighted by Crippen LogP contribution is 2.36. The average molecular weight is 455 g/mol. The van der Waals surface area contributed by atoms with Crippen molar-refractivity contribution in [3.05, 3.63) is 53.8 Å². The normalized spacial score (nSPS) is 19.2. The summed E-state index contributed by atoms with van der Waals surface area (Å²) < 4.78 is 24.8. The SMILES string of the molecule is COc1ccc(F)cc1-c1ccc(CC2(C(=O)NCC(C)N3CCCC3)CCOCC2)cc1. The van der Waals surface area contributed by atoms with Crippen LogP contribution in [0.15, 0.2) is 42.5 Å². The number of hydrogen-bond acceptors (Lipinski definition) is 4. The van der Waals surface area contributed by atoms with Crippen molar-refractivity contribution in [2.45, 2.75) is 45.1 Å². The largest absolute Gasteiger partial charge is 0.496 e. The first-order valence-electron chi connectivity index (χ1n) is 12.0. The van der Waals surface area contributed by atoms with Crippen LogP contribution in [0.1, 0.15) is 38.2 Å². The lowest BCUT2D eigenvalue weighted by Gasteiger charge is -2.36. The van der Waals surface area contributed by atoms with Crippen LogP contribution in [0.5, 0.6) is 5.75 Å². The van der Waals surface area contributed by atoms with Crippen LogP contribution in [-0.2, 0) is 16.0 Å². The second-order valence-corrected chi connectivity index (χ2v) is 9.41. The molecule has 0 aliphatic carbocycles. The Balaban J connectivity index is 1.47. The summed E-state index contributed by atoms with van der Waals surface area (Å²) in [6.07, 6.45) is 4.60. The predicted octanol–water partition coefficient (Wildman–Crippen LogP) is 4.44. The molecule has 1 amide bonds. The molecule has 33 heavy (non-hydrogen) atoms. The predicted molar refractivity (Wildman–Crippen MR) is 128 cm³/mol. The topological polar surface area (TPSA) is 50.8 Å². The number of methoxy groups -OCH3 is 1. The van der Waals surface area contributed by atoms with E-state index < -0.39 is 5.41 Å². The van der Waals surface area contributed by atoms with Gasteiger partial charge in [0.05, 0.1) is 12.5 Å². The summed E-state index contributed by atoms with van der Waals surface area (Å²) in [5, 5.41) is 3.25. The van der Waals surface area contributed by atoms with Crippen LogP contribution in [0.25, 0.3) is 11.1 Å². The summed E-state index contributed by atoms with van der Waals surface area (Å²) in [4.78, 5) is 15.9. The van der Waals surface area contributed by atoms with Gasteiger partial charge < -0.3 is 14.8 Å². The quantitative estimate of drug-likeness (QED) is 0.641. The molecule has 1 unspecified atom stereocenters. The zero-order chi connectivity index (χ0) is 23.3. The summed E-state index contributed by atoms with van der Waals surface area (Å²) in [7, 11) is 1.59. The second kappa shape index (κ2) is 10.7. The highest BCUT2D eigenvalue weighted by molar-refractivity contribution is 5.83. The van der Waals surface area contributed by atoms with Gasteiger partial charge in [-0.15, -0.1) is 0 Å². The maximum atomic E-state index is 13.8. The van der Waals surface area contributed by atoms with E-state index in [4.69, 9.17) is 9.47 Å². The molecular weight excluding hydrogens is 419 g/mol. The van der Waals surface area contributed by atoms with Crippen LogP contribution in [0.2, 0.25) is 0 Å². The summed E-state index contributed by atoms with van der Waals surface area (Å²) in [6, 6.07) is 12.9. The molecule has 2 aromatic rings. The second-order valence-electron chi connectivity index (χ2n) is 9.41. The lowest BCUT2D eigenvalue weighted by molar-refractivity contribution is -0.136. The van der Waals surface area contributed by atoms with Crippen LogP contribution in [0.3, 0.4) is 0 Å². The number of amides is 1. The third-order valence-corrected chi connectivity index (χ3v) is 7.22. The van der Waals surface area contributed by atoms with Gasteiger partial charge in [0, 0.05) is 31.4 Å². The number of rotatable bonds is 8. The standard InChI is InChI=1S/C27H35FN2O3/c1-20(30-13-3-4-14-30)19-29-26(31)27(11-15-33-16-12-27)18-21-5-7-22(8-6-21)24-17-23(28)9-10-25(24)32-2/h5-10,17,20H,3-4,11-16,18-19H2,1-2H3,(H,29,31). The zero-order valence-corrected chi connectivity index (χ0v) is 19.7. The minimum Gasteiger partial charge on any atom is -0.496 e. The minimum absolute atomic E-state index is 0.132. The van der Waals surface area contributed by atoms with Crippen molar-refractivity contribution in [1.82, 2.24) is 10.2 Å². The molecule has 4 rings (SSSR count). The summed E-state index contributed by atoms with van der Waals surface area (Å²) in [5.41, 5.74) is 2.25. The smallest absolute Gasteiger partial charge is 0.226 e. The highest BCUT2D eigenvalue weighted by Gasteiger charge is 2.40. The monoisotopic (exact) mass is 454 g/mol. The number of hydrogen-bond donors (Lipinski definition) is 1.